The normalized spacial score (nSPS) is 19.5. The molecule has 3 heterocycles. The van der Waals surface area contributed by atoms with E-state index in [1.165, 1.54) is 38.8 Å². The van der Waals surface area contributed by atoms with E-state index in [1.54, 1.807) is 27.9 Å². The molecule has 3 atom stereocenters. The van der Waals surface area contributed by atoms with E-state index in [2.05, 4.69) is 36.2 Å². The zero-order valence-corrected chi connectivity index (χ0v) is 28.3. The standard InChI is InChI=1S/C33H45N9O7/c1-21(2)14-26-31(45)38-29(22(3)43)32(46)36-10-5-6-11-41(33(47)24-16-34-20-35-17-24)12-7-13-42-18-25(39-40-42)19-49-28-15-23(30(44)37-26)8-9-27(28)48-4/h8-9,15-18,20-22,26,29,43H,5-7,10-14,19H2,1-4H3,(H,36,46)(H,37,44)(H,38,45)/t22-,26-,29+/m1/s1. The minimum absolute atomic E-state index is 0.0192. The molecule has 4 N–H and O–H groups in total. The molecule has 1 aliphatic rings. The predicted molar refractivity (Wildman–Crippen MR) is 176 cm³/mol. The molecule has 2 aromatic heterocycles. The van der Waals surface area contributed by atoms with Crippen LogP contribution >= 0.6 is 0 Å². The van der Waals surface area contributed by atoms with Gasteiger partial charge in [-0.1, -0.05) is 19.1 Å². The van der Waals surface area contributed by atoms with Crippen LogP contribution in [0.2, 0.25) is 0 Å². The third-order valence-electron chi connectivity index (χ3n) is 7.84. The van der Waals surface area contributed by atoms with Crippen LogP contribution in [0.5, 0.6) is 11.5 Å². The second kappa shape index (κ2) is 17.9. The molecule has 16 heteroatoms. The smallest absolute Gasteiger partial charge is 0.256 e. The largest absolute Gasteiger partial charge is 0.493 e. The summed E-state index contributed by atoms with van der Waals surface area (Å²) in [5.74, 6) is -1.22. The van der Waals surface area contributed by atoms with Crippen molar-refractivity contribution in [1.29, 1.82) is 0 Å². The molecule has 0 aliphatic carbocycles. The van der Waals surface area contributed by atoms with Crippen LogP contribution in [0.15, 0.2) is 43.1 Å². The SMILES string of the molecule is COc1ccc2cc1OCc1cn(nn1)CCCN(C(=O)c1cncnc1)CCCCNC(=O)[C@H]([C@@H](C)O)NC(=O)[C@@H](CC(C)C)NC2=O. The van der Waals surface area contributed by atoms with Crippen LogP contribution in [0.3, 0.4) is 0 Å². The number of aliphatic hydroxyl groups is 1. The fourth-order valence-electron chi connectivity index (χ4n) is 5.28. The van der Waals surface area contributed by atoms with E-state index in [4.69, 9.17) is 9.47 Å². The lowest BCUT2D eigenvalue weighted by molar-refractivity contribution is -0.132. The molecule has 0 spiro atoms. The Labute approximate surface area is 285 Å². The zero-order valence-electron chi connectivity index (χ0n) is 28.3. The van der Waals surface area contributed by atoms with Gasteiger partial charge in [0.1, 0.15) is 30.7 Å². The monoisotopic (exact) mass is 679 g/mol. The number of hydrogen-bond acceptors (Lipinski definition) is 11. The maximum atomic E-state index is 13.4. The highest BCUT2D eigenvalue weighted by Gasteiger charge is 2.30. The van der Waals surface area contributed by atoms with Crippen LogP contribution in [-0.4, -0.2) is 104 Å². The van der Waals surface area contributed by atoms with Gasteiger partial charge in [0.2, 0.25) is 11.8 Å². The number of carbonyl (C=O) groups is 4. The number of benzene rings is 1. The van der Waals surface area contributed by atoms with Crippen molar-refractivity contribution in [3.8, 4) is 11.5 Å². The highest BCUT2D eigenvalue weighted by Crippen LogP contribution is 2.29. The highest BCUT2D eigenvalue weighted by molar-refractivity contribution is 5.99. The topological polar surface area (TPSA) is 203 Å². The molecule has 0 saturated carbocycles. The molecule has 264 valence electrons. The van der Waals surface area contributed by atoms with E-state index in [9.17, 15) is 24.3 Å². The average Bonchev–Trinajstić information content (AvgIpc) is 3.54. The van der Waals surface area contributed by atoms with Gasteiger partial charge in [-0.25, -0.2) is 9.97 Å². The van der Waals surface area contributed by atoms with Crippen molar-refractivity contribution in [2.24, 2.45) is 5.92 Å². The van der Waals surface area contributed by atoms with Crippen molar-refractivity contribution in [1.82, 2.24) is 45.8 Å². The summed E-state index contributed by atoms with van der Waals surface area (Å²) in [5.41, 5.74) is 1.14. The van der Waals surface area contributed by atoms with Crippen molar-refractivity contribution >= 4 is 23.6 Å². The Morgan fingerprint density at radius 1 is 1.04 bits per heavy atom. The zero-order chi connectivity index (χ0) is 35.3. The van der Waals surface area contributed by atoms with Crippen molar-refractivity contribution in [3.63, 3.8) is 0 Å². The number of aliphatic hydroxyl groups excluding tert-OH is 1. The molecule has 0 fully saturated rings. The van der Waals surface area contributed by atoms with Gasteiger partial charge in [-0.15, -0.1) is 5.10 Å². The Hall–Kier alpha value is -5.12. The Balaban J connectivity index is 1.58. The number of aromatic nitrogens is 5. The molecule has 1 aromatic carbocycles. The van der Waals surface area contributed by atoms with Gasteiger partial charge in [0.05, 0.1) is 25.0 Å². The van der Waals surface area contributed by atoms with E-state index in [1.807, 2.05) is 13.8 Å². The lowest BCUT2D eigenvalue weighted by Gasteiger charge is -2.26. The summed E-state index contributed by atoms with van der Waals surface area (Å²) in [5, 5.41) is 27.0. The van der Waals surface area contributed by atoms with Crippen molar-refractivity contribution < 1.29 is 33.8 Å². The quantitative estimate of drug-likeness (QED) is 0.301. The first-order chi connectivity index (χ1) is 23.5. The van der Waals surface area contributed by atoms with Crippen LogP contribution in [-0.2, 0) is 22.7 Å². The first-order valence-electron chi connectivity index (χ1n) is 16.4. The second-order valence-electron chi connectivity index (χ2n) is 12.3. The van der Waals surface area contributed by atoms with E-state index in [-0.39, 0.29) is 42.7 Å². The third-order valence-corrected chi connectivity index (χ3v) is 7.84. The number of nitrogens with zero attached hydrogens (tertiary/aromatic N) is 6. The number of hydrogen-bond donors (Lipinski definition) is 4. The minimum Gasteiger partial charge on any atom is -0.493 e. The average molecular weight is 680 g/mol. The number of fused-ring (bicyclic) bond motifs is 4. The van der Waals surface area contributed by atoms with Gasteiger partial charge in [-0.2, -0.15) is 0 Å². The Morgan fingerprint density at radius 3 is 2.51 bits per heavy atom. The first-order valence-corrected chi connectivity index (χ1v) is 16.4. The van der Waals surface area contributed by atoms with Crippen LogP contribution in [0, 0.1) is 5.92 Å². The Kier molecular flexibility index (Phi) is 13.4. The number of ether oxygens (including phenoxy) is 2. The number of rotatable bonds is 5. The van der Waals surface area contributed by atoms with Crippen LogP contribution in [0.4, 0.5) is 0 Å². The molecule has 16 nitrogen and oxygen atoms in total. The molecule has 0 radical (unpaired) electrons. The van der Waals surface area contributed by atoms with Gasteiger partial charge in [-0.3, -0.25) is 23.9 Å². The minimum atomic E-state index is -1.25. The molecule has 0 unspecified atom stereocenters. The van der Waals surface area contributed by atoms with E-state index >= 15 is 0 Å². The fraction of sp³-hybridized carbons (Fsp3) is 0.515. The summed E-state index contributed by atoms with van der Waals surface area (Å²) in [7, 11) is 1.48. The molecule has 4 amide bonds. The van der Waals surface area contributed by atoms with E-state index in [0.29, 0.717) is 55.9 Å². The fourth-order valence-corrected chi connectivity index (χ4v) is 5.28. The third kappa shape index (κ3) is 10.7. The summed E-state index contributed by atoms with van der Waals surface area (Å²) in [6, 6.07) is 2.41. The maximum Gasteiger partial charge on any atom is 0.256 e. The van der Waals surface area contributed by atoms with Gasteiger partial charge in [0, 0.05) is 44.1 Å². The first kappa shape index (κ1) is 36.7. The summed E-state index contributed by atoms with van der Waals surface area (Å²) < 4.78 is 13.1. The summed E-state index contributed by atoms with van der Waals surface area (Å²) in [4.78, 5) is 62.9. The summed E-state index contributed by atoms with van der Waals surface area (Å²) >= 11 is 0. The van der Waals surface area contributed by atoms with Crippen LogP contribution in [0.25, 0.3) is 0 Å². The molecular formula is C33H45N9O7. The lowest BCUT2D eigenvalue weighted by Crippen LogP contribution is -2.57. The number of aryl methyl sites for hydroxylation is 1. The van der Waals surface area contributed by atoms with Gasteiger partial charge in [0.25, 0.3) is 11.8 Å². The molecule has 3 aromatic rings. The van der Waals surface area contributed by atoms with E-state index in [0.717, 1.165) is 0 Å². The molecular weight excluding hydrogens is 634 g/mol. The number of carbonyl (C=O) groups excluding carboxylic acids is 4. The van der Waals surface area contributed by atoms with Crippen LogP contribution in [0.1, 0.15) is 72.9 Å². The van der Waals surface area contributed by atoms with E-state index < -0.39 is 35.9 Å². The highest BCUT2D eigenvalue weighted by atomic mass is 16.5. The molecule has 1 aliphatic heterocycles. The van der Waals surface area contributed by atoms with Gasteiger partial charge in [0.15, 0.2) is 11.5 Å². The molecule has 4 bridgehead atoms. The number of amides is 4. The predicted octanol–water partition coefficient (Wildman–Crippen LogP) is 1.11. The van der Waals surface area contributed by atoms with Gasteiger partial charge >= 0.3 is 0 Å². The lowest BCUT2D eigenvalue weighted by atomic mass is 10.0. The Morgan fingerprint density at radius 2 is 1.80 bits per heavy atom. The van der Waals surface area contributed by atoms with Gasteiger partial charge in [-0.05, 0) is 56.7 Å². The summed E-state index contributed by atoms with van der Waals surface area (Å²) in [6.45, 7) is 6.83. The second-order valence-corrected chi connectivity index (χ2v) is 12.3. The number of methoxy groups -OCH3 is 1. The molecule has 49 heavy (non-hydrogen) atoms. The van der Waals surface area contributed by atoms with Crippen molar-refractivity contribution in [2.45, 2.75) is 77.8 Å². The summed E-state index contributed by atoms with van der Waals surface area (Å²) in [6.07, 6.45) is 6.81. The molecule has 4 rings (SSSR count). The van der Waals surface area contributed by atoms with Gasteiger partial charge < -0.3 is 35.4 Å². The Bertz CT molecular complexity index is 1560. The molecule has 0 saturated heterocycles. The number of nitrogens with one attached hydrogen (secondary N) is 3. The van der Waals surface area contributed by atoms with Crippen molar-refractivity contribution in [3.05, 3.63) is 59.9 Å². The maximum absolute atomic E-state index is 13.4. The van der Waals surface area contributed by atoms with Crippen molar-refractivity contribution in [2.75, 3.05) is 26.7 Å². The van der Waals surface area contributed by atoms with Crippen LogP contribution < -0.4 is 25.4 Å².